The van der Waals surface area contributed by atoms with Crippen LogP contribution in [-0.2, 0) is 9.47 Å². The van der Waals surface area contributed by atoms with Crippen molar-refractivity contribution >= 4 is 6.16 Å². The molecule has 3 nitrogen and oxygen atoms in total. The summed E-state index contributed by atoms with van der Waals surface area (Å²) < 4.78 is 46.0. The molecule has 0 spiro atoms. The van der Waals surface area contributed by atoms with Gasteiger partial charge in [0, 0.05) is 0 Å². The number of ether oxygens (including phenoxy) is 2. The van der Waals surface area contributed by atoms with Crippen molar-refractivity contribution in [3.63, 3.8) is 0 Å². The van der Waals surface area contributed by atoms with Gasteiger partial charge in [0.05, 0.1) is 0 Å². The number of rotatable bonds is 2. The van der Waals surface area contributed by atoms with Crippen molar-refractivity contribution in [1.29, 1.82) is 0 Å². The van der Waals surface area contributed by atoms with E-state index in [1.54, 1.807) is 0 Å². The van der Waals surface area contributed by atoms with Gasteiger partial charge in [0.15, 0.2) is 5.60 Å². The lowest BCUT2D eigenvalue weighted by Gasteiger charge is -2.32. The Morgan fingerprint density at radius 2 is 1.92 bits per heavy atom. The first-order chi connectivity index (χ1) is 5.85. The van der Waals surface area contributed by atoms with Gasteiger partial charge in [-0.1, -0.05) is 0 Å². The molecule has 0 radical (unpaired) electrons. The van der Waals surface area contributed by atoms with Gasteiger partial charge in [-0.3, -0.25) is 0 Å². The van der Waals surface area contributed by atoms with Crippen LogP contribution in [0.4, 0.5) is 18.0 Å². The molecule has 0 N–H and O–H groups in total. The van der Waals surface area contributed by atoms with Gasteiger partial charge in [-0.2, -0.15) is 0 Å². The Bertz CT molecular complexity index is 233. The van der Waals surface area contributed by atoms with Gasteiger partial charge >= 0.3 is 6.16 Å². The van der Waals surface area contributed by atoms with E-state index in [4.69, 9.17) is 0 Å². The van der Waals surface area contributed by atoms with Crippen LogP contribution in [0.25, 0.3) is 0 Å². The van der Waals surface area contributed by atoms with Crippen LogP contribution in [0.3, 0.4) is 0 Å². The Balaban J connectivity index is 3.02. The van der Waals surface area contributed by atoms with Gasteiger partial charge in [-0.15, -0.1) is 0 Å². The Kier molecular flexibility index (Phi) is 2.17. The van der Waals surface area contributed by atoms with Gasteiger partial charge in [0.25, 0.3) is 6.43 Å². The molecular formula is C7H9F3O3. The van der Waals surface area contributed by atoms with E-state index < -0.39 is 30.5 Å². The number of carbonyl (C=O) groups excluding carboxylic acids is 1. The summed E-state index contributed by atoms with van der Waals surface area (Å²) in [6.45, 7) is 0.811. The van der Waals surface area contributed by atoms with E-state index >= 15 is 0 Å². The summed E-state index contributed by atoms with van der Waals surface area (Å²) in [7, 11) is 0. The first kappa shape index (κ1) is 10.1. The van der Waals surface area contributed by atoms with E-state index in [1.807, 2.05) is 0 Å². The van der Waals surface area contributed by atoms with Crippen LogP contribution in [0.15, 0.2) is 0 Å². The van der Waals surface area contributed by atoms with Crippen molar-refractivity contribution in [2.24, 2.45) is 0 Å². The maximum Gasteiger partial charge on any atom is 0.509 e. The zero-order chi connectivity index (χ0) is 10.3. The van der Waals surface area contributed by atoms with Crippen LogP contribution >= 0.6 is 0 Å². The van der Waals surface area contributed by atoms with Crippen molar-refractivity contribution in [2.75, 3.05) is 6.67 Å². The second kappa shape index (κ2) is 2.78. The molecule has 1 heterocycles. The van der Waals surface area contributed by atoms with Crippen LogP contribution in [0.2, 0.25) is 0 Å². The lowest BCUT2D eigenvalue weighted by molar-refractivity contribution is -0.129. The summed E-state index contributed by atoms with van der Waals surface area (Å²) in [5.74, 6) is 0. The smallest absolute Gasteiger partial charge is 0.421 e. The molecule has 1 aliphatic heterocycles. The normalized spacial score (nSPS) is 39.1. The summed E-state index contributed by atoms with van der Waals surface area (Å²) in [4.78, 5) is 10.6. The fourth-order valence-corrected chi connectivity index (χ4v) is 1.02. The van der Waals surface area contributed by atoms with E-state index in [1.165, 1.54) is 0 Å². The first-order valence-electron chi connectivity index (χ1n) is 3.62. The van der Waals surface area contributed by atoms with E-state index in [0.717, 1.165) is 13.8 Å². The molecule has 0 amide bonds. The molecule has 76 valence electrons. The third-order valence-electron chi connectivity index (χ3n) is 2.33. The molecule has 0 aromatic rings. The summed E-state index contributed by atoms with van der Waals surface area (Å²) in [5.41, 5.74) is -4.11. The molecule has 2 atom stereocenters. The van der Waals surface area contributed by atoms with E-state index in [-0.39, 0.29) is 0 Å². The Morgan fingerprint density at radius 3 is 2.23 bits per heavy atom. The molecule has 0 aromatic heterocycles. The Morgan fingerprint density at radius 1 is 1.38 bits per heavy atom. The summed E-state index contributed by atoms with van der Waals surface area (Å²) in [5, 5.41) is 0. The fraction of sp³-hybridized carbons (Fsp3) is 0.857. The third kappa shape index (κ3) is 1.24. The maximum absolute atomic E-state index is 12.5. The molecule has 6 heteroatoms. The average molecular weight is 198 g/mol. The summed E-state index contributed by atoms with van der Waals surface area (Å²) >= 11 is 0. The number of cyclic esters (lactones) is 2. The quantitative estimate of drug-likeness (QED) is 0.635. The number of halogens is 3. The van der Waals surface area contributed by atoms with Gasteiger partial charge in [-0.25, -0.2) is 18.0 Å². The van der Waals surface area contributed by atoms with Crippen molar-refractivity contribution in [2.45, 2.75) is 31.5 Å². The average Bonchev–Trinajstić information content (AvgIpc) is 2.25. The second-order valence-corrected chi connectivity index (χ2v) is 3.23. The van der Waals surface area contributed by atoms with Crippen LogP contribution in [0.5, 0.6) is 0 Å². The first-order valence-corrected chi connectivity index (χ1v) is 3.62. The number of hydrogen-bond donors (Lipinski definition) is 0. The van der Waals surface area contributed by atoms with Crippen molar-refractivity contribution < 1.29 is 27.4 Å². The predicted molar refractivity (Wildman–Crippen MR) is 36.4 cm³/mol. The lowest BCUT2D eigenvalue weighted by Crippen LogP contribution is -2.54. The highest BCUT2D eigenvalue weighted by Gasteiger charge is 2.63. The minimum atomic E-state index is -2.99. The second-order valence-electron chi connectivity index (χ2n) is 3.23. The molecule has 0 aliphatic carbocycles. The minimum Gasteiger partial charge on any atom is -0.421 e. The molecule has 2 unspecified atom stereocenters. The highest BCUT2D eigenvalue weighted by Crippen LogP contribution is 2.41. The molecule has 1 saturated heterocycles. The molecule has 1 aliphatic rings. The largest absolute Gasteiger partial charge is 0.509 e. The van der Waals surface area contributed by atoms with Gasteiger partial charge in [0.1, 0.15) is 6.67 Å². The Hall–Kier alpha value is -0.940. The minimum absolute atomic E-state index is 0.947. The number of alkyl halides is 3. The van der Waals surface area contributed by atoms with E-state index in [9.17, 15) is 18.0 Å². The molecular weight excluding hydrogens is 189 g/mol. The van der Waals surface area contributed by atoms with E-state index in [0.29, 0.717) is 0 Å². The highest BCUT2D eigenvalue weighted by molar-refractivity contribution is 5.64. The van der Waals surface area contributed by atoms with Gasteiger partial charge in [-0.05, 0) is 13.8 Å². The molecule has 0 saturated carbocycles. The molecule has 1 fully saturated rings. The Labute approximate surface area is 72.8 Å². The van der Waals surface area contributed by atoms with Crippen molar-refractivity contribution in [3.05, 3.63) is 0 Å². The summed E-state index contributed by atoms with van der Waals surface area (Å²) in [6, 6.07) is 0. The third-order valence-corrected chi connectivity index (χ3v) is 2.33. The van der Waals surface area contributed by atoms with Crippen LogP contribution in [-0.4, -0.2) is 30.5 Å². The highest BCUT2D eigenvalue weighted by atomic mass is 19.3. The monoisotopic (exact) mass is 198 g/mol. The predicted octanol–water partition coefficient (Wildman–Crippen LogP) is 1.91. The van der Waals surface area contributed by atoms with Gasteiger partial charge < -0.3 is 9.47 Å². The zero-order valence-electron chi connectivity index (χ0n) is 7.14. The number of carbonyl (C=O) groups is 1. The van der Waals surface area contributed by atoms with E-state index in [2.05, 4.69) is 9.47 Å². The fourth-order valence-electron chi connectivity index (χ4n) is 1.02. The lowest BCUT2D eigenvalue weighted by atomic mass is 9.87. The van der Waals surface area contributed by atoms with Crippen molar-refractivity contribution in [3.8, 4) is 0 Å². The van der Waals surface area contributed by atoms with Crippen molar-refractivity contribution in [1.82, 2.24) is 0 Å². The molecule has 13 heavy (non-hydrogen) atoms. The molecule has 0 aromatic carbocycles. The standard InChI is InChI=1S/C7H9F3O3/c1-6(3-8)7(2,4(9)10)13-5(11)12-6/h4H,3H2,1-2H3. The maximum atomic E-state index is 12.5. The summed E-state index contributed by atoms with van der Waals surface area (Å²) in [6.07, 6.45) is -4.25. The van der Waals surface area contributed by atoms with Crippen LogP contribution < -0.4 is 0 Å². The SMILES string of the molecule is CC1(CF)OC(=O)OC1(C)C(F)F. The molecule has 1 rings (SSSR count). The zero-order valence-corrected chi connectivity index (χ0v) is 7.14. The number of hydrogen-bond acceptors (Lipinski definition) is 3. The van der Waals surface area contributed by atoms with Crippen LogP contribution in [0, 0.1) is 0 Å². The van der Waals surface area contributed by atoms with Crippen LogP contribution in [0.1, 0.15) is 13.8 Å². The van der Waals surface area contributed by atoms with Gasteiger partial charge in [0.2, 0.25) is 5.60 Å². The topological polar surface area (TPSA) is 35.5 Å². The molecule has 0 bridgehead atoms.